The summed E-state index contributed by atoms with van der Waals surface area (Å²) in [6.45, 7) is 12.7. The van der Waals surface area contributed by atoms with Gasteiger partial charge in [-0.2, -0.15) is 0 Å². The van der Waals surface area contributed by atoms with Crippen LogP contribution in [0.2, 0.25) is 0 Å². The monoisotopic (exact) mass is 465 g/mol. The number of nitrogens with one attached hydrogen (secondary N) is 1. The number of fused-ring (bicyclic) bond motifs is 1. The lowest BCUT2D eigenvalue weighted by atomic mass is 9.96. The number of hydrogen-bond donors (Lipinski definition) is 1. The quantitative estimate of drug-likeness (QED) is 0.541. The van der Waals surface area contributed by atoms with E-state index in [4.69, 9.17) is 6.57 Å². The van der Waals surface area contributed by atoms with Gasteiger partial charge in [0.05, 0.1) is 6.57 Å². The fraction of sp³-hybridized carbons (Fsp3) is 0.345. The molecule has 5 rings (SSSR count). The van der Waals surface area contributed by atoms with Crippen molar-refractivity contribution in [2.45, 2.75) is 44.9 Å². The number of benzene rings is 2. The Hall–Kier alpha value is -3.53. The highest BCUT2D eigenvalue weighted by Crippen LogP contribution is 2.23. The van der Waals surface area contributed by atoms with Crippen LogP contribution in [0, 0.1) is 6.57 Å². The van der Waals surface area contributed by atoms with E-state index in [9.17, 15) is 4.79 Å². The molecule has 178 valence electrons. The molecule has 2 aliphatic rings. The zero-order valence-corrected chi connectivity index (χ0v) is 20.0. The van der Waals surface area contributed by atoms with Crippen LogP contribution in [-0.2, 0) is 26.1 Å². The van der Waals surface area contributed by atoms with Gasteiger partial charge < -0.3 is 5.32 Å². The number of carbonyl (C=O) groups excluding carboxylic acids is 1. The minimum atomic E-state index is 0.0327. The molecular formula is C29H31N5O. The molecule has 6 heteroatoms. The van der Waals surface area contributed by atoms with Crippen molar-refractivity contribution < 1.29 is 4.79 Å². The Labute approximate surface area is 207 Å². The predicted octanol–water partition coefficient (Wildman–Crippen LogP) is 4.59. The molecule has 1 amide bonds. The Kier molecular flexibility index (Phi) is 7.17. The SMILES string of the molecule is [C-]#[N+]c1ccc(CN2CCc3ccc(C(=O)NC4CCN(Cc5cccnc5)CC4)cc3C2)cc1. The van der Waals surface area contributed by atoms with Gasteiger partial charge in [0.1, 0.15) is 0 Å². The number of amides is 1. The highest BCUT2D eigenvalue weighted by Gasteiger charge is 2.23. The maximum absolute atomic E-state index is 13.0. The van der Waals surface area contributed by atoms with Crippen LogP contribution in [0.4, 0.5) is 5.69 Å². The summed E-state index contributed by atoms with van der Waals surface area (Å²) in [4.78, 5) is 25.6. The van der Waals surface area contributed by atoms with E-state index in [0.717, 1.165) is 64.1 Å². The molecule has 0 radical (unpaired) electrons. The maximum atomic E-state index is 13.0. The zero-order chi connectivity index (χ0) is 24.0. The van der Waals surface area contributed by atoms with Gasteiger partial charge in [-0.25, -0.2) is 4.85 Å². The van der Waals surface area contributed by atoms with Crippen LogP contribution in [0.1, 0.15) is 45.5 Å². The minimum absolute atomic E-state index is 0.0327. The maximum Gasteiger partial charge on any atom is 0.251 e. The van der Waals surface area contributed by atoms with Crippen LogP contribution < -0.4 is 5.32 Å². The summed E-state index contributed by atoms with van der Waals surface area (Å²) in [5, 5.41) is 3.27. The molecular weight excluding hydrogens is 434 g/mol. The predicted molar refractivity (Wildman–Crippen MR) is 137 cm³/mol. The van der Waals surface area contributed by atoms with Gasteiger partial charge in [-0.15, -0.1) is 0 Å². The average Bonchev–Trinajstić information content (AvgIpc) is 2.90. The van der Waals surface area contributed by atoms with Gasteiger partial charge >= 0.3 is 0 Å². The molecule has 3 heterocycles. The van der Waals surface area contributed by atoms with E-state index >= 15 is 0 Å². The molecule has 0 atom stereocenters. The van der Waals surface area contributed by atoms with Crippen LogP contribution in [0.25, 0.3) is 4.85 Å². The molecule has 35 heavy (non-hydrogen) atoms. The molecule has 0 spiro atoms. The third-order valence-corrected chi connectivity index (χ3v) is 7.08. The topological polar surface area (TPSA) is 52.8 Å². The first kappa shape index (κ1) is 23.2. The summed E-state index contributed by atoms with van der Waals surface area (Å²) < 4.78 is 0. The molecule has 0 unspecified atom stereocenters. The molecule has 3 aromatic rings. The second kappa shape index (κ2) is 10.8. The fourth-order valence-electron chi connectivity index (χ4n) is 5.08. The molecule has 1 N–H and O–H groups in total. The zero-order valence-electron chi connectivity index (χ0n) is 20.0. The molecule has 1 aromatic heterocycles. The number of likely N-dealkylation sites (tertiary alicyclic amines) is 1. The van der Waals surface area contributed by atoms with Crippen molar-refractivity contribution in [2.24, 2.45) is 0 Å². The summed E-state index contributed by atoms with van der Waals surface area (Å²) in [6, 6.07) is 18.3. The summed E-state index contributed by atoms with van der Waals surface area (Å²) in [6.07, 6.45) is 6.66. The standard InChI is InChI=1S/C29H31N5O/c1-30-27-8-4-22(5-9-27)19-34-14-10-24-6-7-25(17-26(24)21-34)29(35)32-28-11-15-33(16-12-28)20-23-3-2-13-31-18-23/h2-9,13,17-18,28H,10-12,14-16,19-21H2,(H,32,35). The summed E-state index contributed by atoms with van der Waals surface area (Å²) in [5.74, 6) is 0.0327. The molecule has 1 saturated heterocycles. The number of aromatic nitrogens is 1. The summed E-state index contributed by atoms with van der Waals surface area (Å²) in [7, 11) is 0. The van der Waals surface area contributed by atoms with E-state index in [-0.39, 0.29) is 11.9 Å². The summed E-state index contributed by atoms with van der Waals surface area (Å²) in [5.41, 5.74) is 6.46. The van der Waals surface area contributed by atoms with Crippen LogP contribution in [0.3, 0.4) is 0 Å². The minimum Gasteiger partial charge on any atom is -0.349 e. The Morgan fingerprint density at radius 2 is 1.77 bits per heavy atom. The van der Waals surface area contributed by atoms with Gasteiger partial charge in [0.15, 0.2) is 5.69 Å². The van der Waals surface area contributed by atoms with Gasteiger partial charge in [-0.3, -0.25) is 19.6 Å². The molecule has 2 aliphatic heterocycles. The van der Waals surface area contributed by atoms with E-state index in [1.165, 1.54) is 22.3 Å². The third-order valence-electron chi connectivity index (χ3n) is 7.08. The van der Waals surface area contributed by atoms with E-state index in [1.807, 2.05) is 42.6 Å². The lowest BCUT2D eigenvalue weighted by Crippen LogP contribution is -2.44. The smallest absolute Gasteiger partial charge is 0.251 e. The van der Waals surface area contributed by atoms with Crippen molar-refractivity contribution >= 4 is 11.6 Å². The van der Waals surface area contributed by atoms with Crippen LogP contribution >= 0.6 is 0 Å². The first-order chi connectivity index (χ1) is 17.2. The largest absolute Gasteiger partial charge is 0.349 e. The van der Waals surface area contributed by atoms with Crippen molar-refractivity contribution in [3.8, 4) is 0 Å². The molecule has 0 aliphatic carbocycles. The van der Waals surface area contributed by atoms with E-state index in [0.29, 0.717) is 5.69 Å². The van der Waals surface area contributed by atoms with Crippen molar-refractivity contribution in [2.75, 3.05) is 19.6 Å². The molecule has 0 bridgehead atoms. The Balaban J connectivity index is 1.14. The van der Waals surface area contributed by atoms with Gasteiger partial charge in [-0.05, 0) is 59.7 Å². The fourth-order valence-corrected chi connectivity index (χ4v) is 5.08. The second-order valence-electron chi connectivity index (χ2n) is 9.61. The van der Waals surface area contributed by atoms with Crippen molar-refractivity contribution in [1.29, 1.82) is 0 Å². The first-order valence-electron chi connectivity index (χ1n) is 12.4. The Morgan fingerprint density at radius 3 is 2.51 bits per heavy atom. The summed E-state index contributed by atoms with van der Waals surface area (Å²) >= 11 is 0. The van der Waals surface area contributed by atoms with Gasteiger partial charge in [0.2, 0.25) is 0 Å². The second-order valence-corrected chi connectivity index (χ2v) is 9.61. The van der Waals surface area contributed by atoms with Crippen LogP contribution in [0.5, 0.6) is 0 Å². The normalized spacial score (nSPS) is 16.9. The highest BCUT2D eigenvalue weighted by molar-refractivity contribution is 5.94. The molecule has 6 nitrogen and oxygen atoms in total. The van der Waals surface area contributed by atoms with Crippen LogP contribution in [-0.4, -0.2) is 46.4 Å². The number of piperidine rings is 1. The number of hydrogen-bond acceptors (Lipinski definition) is 4. The number of pyridine rings is 1. The van der Waals surface area contributed by atoms with Gasteiger partial charge in [0, 0.05) is 63.3 Å². The van der Waals surface area contributed by atoms with Gasteiger partial charge in [-0.1, -0.05) is 36.4 Å². The molecule has 2 aromatic carbocycles. The third kappa shape index (κ3) is 5.94. The lowest BCUT2D eigenvalue weighted by molar-refractivity contribution is 0.0908. The van der Waals surface area contributed by atoms with E-state index in [2.05, 4.69) is 43.1 Å². The molecule has 0 saturated carbocycles. The van der Waals surface area contributed by atoms with Crippen molar-refractivity contribution in [3.05, 3.63) is 106 Å². The Morgan fingerprint density at radius 1 is 0.971 bits per heavy atom. The van der Waals surface area contributed by atoms with Gasteiger partial charge in [0.25, 0.3) is 5.91 Å². The molecule has 1 fully saturated rings. The average molecular weight is 466 g/mol. The number of carbonyl (C=O) groups is 1. The van der Waals surface area contributed by atoms with Crippen molar-refractivity contribution in [1.82, 2.24) is 20.1 Å². The van der Waals surface area contributed by atoms with Crippen LogP contribution in [0.15, 0.2) is 67.0 Å². The van der Waals surface area contributed by atoms with E-state index < -0.39 is 0 Å². The lowest BCUT2D eigenvalue weighted by Gasteiger charge is -2.32. The highest BCUT2D eigenvalue weighted by atomic mass is 16.1. The first-order valence-corrected chi connectivity index (χ1v) is 12.4. The van der Waals surface area contributed by atoms with E-state index in [1.54, 1.807) is 6.20 Å². The number of nitrogens with zero attached hydrogens (tertiary/aromatic N) is 4. The number of rotatable bonds is 6. The Bertz CT molecular complexity index is 1190. The van der Waals surface area contributed by atoms with Crippen molar-refractivity contribution in [3.63, 3.8) is 0 Å².